The molecular formula is C28H30O2. The van der Waals surface area contributed by atoms with Gasteiger partial charge in [0.15, 0.2) is 0 Å². The van der Waals surface area contributed by atoms with Gasteiger partial charge >= 0.3 is 0 Å². The Bertz CT molecular complexity index is 1110. The smallest absolute Gasteiger partial charge is 0.0804 e. The van der Waals surface area contributed by atoms with E-state index in [0.717, 1.165) is 38.6 Å². The summed E-state index contributed by atoms with van der Waals surface area (Å²) in [6.07, 6.45) is 3.93. The molecule has 3 aromatic rings. The van der Waals surface area contributed by atoms with Gasteiger partial charge in [0.05, 0.1) is 12.2 Å². The summed E-state index contributed by atoms with van der Waals surface area (Å²) in [5.74, 6) is 0.400. The minimum absolute atomic E-state index is 0.194. The van der Waals surface area contributed by atoms with Gasteiger partial charge in [0.1, 0.15) is 0 Å². The predicted molar refractivity (Wildman–Crippen MR) is 127 cm³/mol. The fourth-order valence-electron chi connectivity index (χ4n) is 5.51. The predicted octanol–water partition coefficient (Wildman–Crippen LogP) is 6.89. The molecule has 0 amide bonds. The first-order valence-electron chi connectivity index (χ1n) is 10.9. The summed E-state index contributed by atoms with van der Waals surface area (Å²) in [5, 5.41) is 24.5. The Kier molecular flexibility index (Phi) is 5.64. The highest BCUT2D eigenvalue weighted by molar-refractivity contribution is 5.87. The molecule has 0 aliphatic heterocycles. The molecule has 0 spiro atoms. The fourth-order valence-corrected chi connectivity index (χ4v) is 5.51. The molecule has 0 radical (unpaired) electrons. The van der Waals surface area contributed by atoms with E-state index in [4.69, 9.17) is 0 Å². The van der Waals surface area contributed by atoms with E-state index in [0.29, 0.717) is 12.8 Å². The van der Waals surface area contributed by atoms with E-state index >= 15 is 0 Å². The van der Waals surface area contributed by atoms with Gasteiger partial charge < -0.3 is 10.2 Å². The molecule has 2 heteroatoms. The molecule has 2 nitrogen and oxygen atoms in total. The van der Waals surface area contributed by atoms with Crippen LogP contribution < -0.4 is 0 Å². The van der Waals surface area contributed by atoms with Gasteiger partial charge in [-0.25, -0.2) is 0 Å². The van der Waals surface area contributed by atoms with Crippen molar-refractivity contribution >= 4 is 22.9 Å². The van der Waals surface area contributed by atoms with Crippen molar-refractivity contribution in [3.8, 4) is 0 Å². The zero-order valence-electron chi connectivity index (χ0n) is 17.8. The van der Waals surface area contributed by atoms with Gasteiger partial charge in [0.2, 0.25) is 0 Å². The first-order valence-corrected chi connectivity index (χ1v) is 10.9. The van der Waals surface area contributed by atoms with Crippen molar-refractivity contribution in [2.45, 2.75) is 50.7 Å². The van der Waals surface area contributed by atoms with Gasteiger partial charge in [-0.2, -0.15) is 0 Å². The number of rotatable bonds is 2. The third kappa shape index (κ3) is 3.03. The minimum Gasteiger partial charge on any atom is -0.388 e. The number of fused-ring (bicyclic) bond motifs is 7. The lowest BCUT2D eigenvalue weighted by Gasteiger charge is -2.43. The summed E-state index contributed by atoms with van der Waals surface area (Å²) in [7, 11) is 0. The molecule has 4 unspecified atom stereocenters. The highest BCUT2D eigenvalue weighted by Crippen LogP contribution is 2.56. The van der Waals surface area contributed by atoms with Crippen LogP contribution in [-0.2, 0) is 0 Å². The zero-order chi connectivity index (χ0) is 21.4. The molecule has 0 heterocycles. The van der Waals surface area contributed by atoms with Crippen molar-refractivity contribution < 1.29 is 10.2 Å². The van der Waals surface area contributed by atoms with E-state index in [1.54, 1.807) is 0 Å². The standard InChI is InChI=1S/C26H24O2.C2H6/c1-3-15-9-11-19-21-14-24(28)26-18-8-6-5-7-16(18)10-12-20(26)22(21)13-23(27)25(19)17(15)4-2;1-2/h3-12,21-24,27-28H,1-2,13-14H2;1-2H3. The van der Waals surface area contributed by atoms with Crippen molar-refractivity contribution in [1.29, 1.82) is 0 Å². The SMILES string of the molecule is C=Cc1ccc2c(c1C=C)C(O)CC1c3ccc4ccccc4c3C(O)CC21.CC. The quantitative estimate of drug-likeness (QED) is 0.493. The third-order valence-corrected chi connectivity index (χ3v) is 6.69. The molecule has 5 rings (SSSR count). The van der Waals surface area contributed by atoms with Gasteiger partial charge in [-0.1, -0.05) is 87.7 Å². The number of aliphatic hydroxyl groups excluding tert-OH is 2. The van der Waals surface area contributed by atoms with Gasteiger partial charge in [0.25, 0.3) is 0 Å². The molecule has 3 aromatic carbocycles. The second kappa shape index (κ2) is 8.22. The Balaban J connectivity index is 0.00000106. The average molecular weight is 399 g/mol. The lowest BCUT2D eigenvalue weighted by molar-refractivity contribution is 0.102. The van der Waals surface area contributed by atoms with E-state index in [2.05, 4.69) is 49.6 Å². The number of benzene rings is 3. The van der Waals surface area contributed by atoms with Crippen LogP contribution in [0.1, 0.15) is 84.1 Å². The second-order valence-corrected chi connectivity index (χ2v) is 7.99. The average Bonchev–Trinajstić information content (AvgIpc) is 2.80. The summed E-state index contributed by atoms with van der Waals surface area (Å²) >= 11 is 0. The van der Waals surface area contributed by atoms with Crippen LogP contribution in [0.15, 0.2) is 61.7 Å². The van der Waals surface area contributed by atoms with Crippen molar-refractivity contribution in [2.24, 2.45) is 0 Å². The molecule has 2 N–H and O–H groups in total. The van der Waals surface area contributed by atoms with Crippen LogP contribution in [0.5, 0.6) is 0 Å². The number of hydrogen-bond donors (Lipinski definition) is 2. The molecule has 0 saturated heterocycles. The van der Waals surface area contributed by atoms with Crippen LogP contribution in [-0.4, -0.2) is 10.2 Å². The normalized spacial score (nSPS) is 24.0. The minimum atomic E-state index is -0.543. The van der Waals surface area contributed by atoms with Crippen molar-refractivity contribution in [1.82, 2.24) is 0 Å². The highest BCUT2D eigenvalue weighted by atomic mass is 16.3. The molecule has 2 aliphatic rings. The van der Waals surface area contributed by atoms with E-state index in [9.17, 15) is 10.2 Å². The van der Waals surface area contributed by atoms with Crippen LogP contribution in [0.3, 0.4) is 0 Å². The molecule has 4 atom stereocenters. The van der Waals surface area contributed by atoms with Crippen LogP contribution in [0, 0.1) is 0 Å². The maximum absolute atomic E-state index is 11.1. The third-order valence-electron chi connectivity index (χ3n) is 6.69. The monoisotopic (exact) mass is 398 g/mol. The number of aliphatic hydroxyl groups is 2. The topological polar surface area (TPSA) is 40.5 Å². The van der Waals surface area contributed by atoms with Gasteiger partial charge in [0, 0.05) is 0 Å². The fraction of sp³-hybridized carbons (Fsp3) is 0.286. The maximum atomic E-state index is 11.1. The lowest BCUT2D eigenvalue weighted by Crippen LogP contribution is -2.29. The van der Waals surface area contributed by atoms with E-state index in [1.807, 2.05) is 38.1 Å². The van der Waals surface area contributed by atoms with Crippen LogP contribution in [0.25, 0.3) is 22.9 Å². The Morgan fingerprint density at radius 2 is 1.37 bits per heavy atom. The Morgan fingerprint density at radius 3 is 2.03 bits per heavy atom. The van der Waals surface area contributed by atoms with Crippen LogP contribution in [0.4, 0.5) is 0 Å². The van der Waals surface area contributed by atoms with E-state index in [1.165, 1.54) is 5.56 Å². The lowest BCUT2D eigenvalue weighted by atomic mass is 9.63. The van der Waals surface area contributed by atoms with E-state index in [-0.39, 0.29) is 11.8 Å². The Labute approximate surface area is 179 Å². The van der Waals surface area contributed by atoms with Crippen molar-refractivity contribution in [2.75, 3.05) is 0 Å². The van der Waals surface area contributed by atoms with Crippen molar-refractivity contribution in [3.63, 3.8) is 0 Å². The number of hydrogen-bond acceptors (Lipinski definition) is 2. The van der Waals surface area contributed by atoms with Crippen molar-refractivity contribution in [3.05, 3.63) is 95.1 Å². The highest BCUT2D eigenvalue weighted by Gasteiger charge is 2.42. The van der Waals surface area contributed by atoms with Gasteiger partial charge in [-0.3, -0.25) is 0 Å². The first kappa shape index (κ1) is 20.6. The van der Waals surface area contributed by atoms with Crippen LogP contribution in [0.2, 0.25) is 0 Å². The summed E-state index contributed by atoms with van der Waals surface area (Å²) < 4.78 is 0. The zero-order valence-corrected chi connectivity index (χ0v) is 17.8. The maximum Gasteiger partial charge on any atom is 0.0804 e. The Hall–Kier alpha value is -2.68. The van der Waals surface area contributed by atoms with E-state index < -0.39 is 12.2 Å². The summed E-state index contributed by atoms with van der Waals surface area (Å²) in [4.78, 5) is 0. The van der Waals surface area contributed by atoms with Gasteiger partial charge in [-0.05, 0) is 68.8 Å². The van der Waals surface area contributed by atoms with Crippen LogP contribution >= 0.6 is 0 Å². The summed E-state index contributed by atoms with van der Waals surface area (Å²) in [6.45, 7) is 11.9. The van der Waals surface area contributed by atoms with Gasteiger partial charge in [-0.15, -0.1) is 0 Å². The molecule has 154 valence electrons. The summed E-state index contributed by atoms with van der Waals surface area (Å²) in [5.41, 5.74) is 6.29. The molecule has 30 heavy (non-hydrogen) atoms. The summed E-state index contributed by atoms with van der Waals surface area (Å²) in [6, 6.07) is 16.7. The molecule has 0 bridgehead atoms. The Morgan fingerprint density at radius 1 is 0.767 bits per heavy atom. The second-order valence-electron chi connectivity index (χ2n) is 7.99. The molecule has 0 aromatic heterocycles. The molecule has 2 aliphatic carbocycles. The molecule has 0 fully saturated rings. The molecule has 0 saturated carbocycles. The first-order chi connectivity index (χ1) is 14.6. The molecular weight excluding hydrogens is 368 g/mol. The largest absolute Gasteiger partial charge is 0.388 e.